The van der Waals surface area contributed by atoms with Crippen molar-refractivity contribution < 1.29 is 61.7 Å². The summed E-state index contributed by atoms with van der Waals surface area (Å²) in [5, 5.41) is 16.7. The van der Waals surface area contributed by atoms with E-state index in [1.165, 1.54) is 17.0 Å². The fourth-order valence-electron chi connectivity index (χ4n) is 6.60. The molecule has 0 atom stereocenters. The Morgan fingerprint density at radius 1 is 0.980 bits per heavy atom. The van der Waals surface area contributed by atoms with Gasteiger partial charge in [0.25, 0.3) is 0 Å². The van der Waals surface area contributed by atoms with Crippen molar-refractivity contribution in [3.8, 4) is 0 Å². The molecule has 4 rings (SSSR count). The molecule has 0 aromatic heterocycles. The van der Waals surface area contributed by atoms with E-state index in [0.29, 0.717) is 30.1 Å². The molecule has 264 valence electrons. The number of anilines is 2. The summed E-state index contributed by atoms with van der Waals surface area (Å²) in [6.07, 6.45) is 17.1. The number of allylic oxidation sites excluding steroid dienone is 8. The first-order valence-electron chi connectivity index (χ1n) is 16.5. The number of hydrogen-bond acceptors (Lipinski definition) is 9. The van der Waals surface area contributed by atoms with E-state index in [2.05, 4.69) is 106 Å². The molecule has 0 unspecified atom stereocenters. The van der Waals surface area contributed by atoms with E-state index in [1.54, 1.807) is 0 Å². The van der Waals surface area contributed by atoms with Crippen LogP contribution >= 0.6 is 24.3 Å². The van der Waals surface area contributed by atoms with Gasteiger partial charge in [-0.25, -0.2) is 8.42 Å². The third-order valence-electron chi connectivity index (χ3n) is 8.93. The summed E-state index contributed by atoms with van der Waals surface area (Å²) in [4.78, 5) is 2.91. The van der Waals surface area contributed by atoms with Crippen molar-refractivity contribution >= 4 is 62.1 Å². The van der Waals surface area contributed by atoms with Gasteiger partial charge in [0.05, 0.1) is 20.5 Å². The summed E-state index contributed by atoms with van der Waals surface area (Å²) in [6.45, 7) is 12.1. The summed E-state index contributed by atoms with van der Waals surface area (Å²) in [5.74, 6) is 0.315. The Morgan fingerprint density at radius 3 is 2.42 bits per heavy atom. The predicted octanol–water partition coefficient (Wildman–Crippen LogP) is 4.15. The molecule has 2 aromatic rings. The van der Waals surface area contributed by atoms with Crippen molar-refractivity contribution in [1.82, 2.24) is 0 Å². The third kappa shape index (κ3) is 11.0. The van der Waals surface area contributed by atoms with Crippen LogP contribution < -0.4 is 45.0 Å². The van der Waals surface area contributed by atoms with Gasteiger partial charge in [-0.2, -0.15) is 8.91 Å². The largest absolute Gasteiger partial charge is 1.00 e. The smallest absolute Gasteiger partial charge is 0.748 e. The van der Waals surface area contributed by atoms with Crippen LogP contribution in [0.3, 0.4) is 0 Å². The van der Waals surface area contributed by atoms with Crippen LogP contribution in [0, 0.1) is 0 Å². The molecule has 13 heteroatoms. The second-order valence-corrected chi connectivity index (χ2v) is 16.1. The number of unbranched alkanes of at least 4 members (excludes halogenated alkanes) is 2. The predicted molar refractivity (Wildman–Crippen MR) is 201 cm³/mol. The van der Waals surface area contributed by atoms with Crippen molar-refractivity contribution in [2.24, 2.45) is 0 Å². The molecule has 0 radical (unpaired) electrons. The number of nitrogens with one attached hydrogen (secondary N) is 1. The molecule has 0 saturated heterocycles. The van der Waals surface area contributed by atoms with Gasteiger partial charge < -0.3 is 20.0 Å². The SMILES string of the molecule is CC(=S)Nc1ccc2c(c1)C(C)(C)\C(=C/C=C/C=C/C=C/C1=[N+](CCCCSOO[O-])c3ccccc3C1(C)C)N2CCCCS(=O)(=O)[O-].[Na+]. The van der Waals surface area contributed by atoms with Gasteiger partial charge in [-0.15, -0.1) is 0 Å². The van der Waals surface area contributed by atoms with E-state index in [1.807, 2.05) is 37.3 Å². The number of para-hydroxylation sites is 1. The van der Waals surface area contributed by atoms with Crippen LogP contribution in [0.2, 0.25) is 0 Å². The molecule has 0 fully saturated rings. The normalized spacial score (nSPS) is 17.3. The minimum absolute atomic E-state index is 0. The minimum Gasteiger partial charge on any atom is -0.748 e. The molecule has 2 aliphatic heterocycles. The molecule has 9 nitrogen and oxygen atoms in total. The van der Waals surface area contributed by atoms with Crippen molar-refractivity contribution in [1.29, 1.82) is 0 Å². The molecule has 0 saturated carbocycles. The maximum absolute atomic E-state index is 11.2. The summed E-state index contributed by atoms with van der Waals surface area (Å²) in [6, 6.07) is 14.7. The summed E-state index contributed by atoms with van der Waals surface area (Å²) < 4.78 is 40.3. The van der Waals surface area contributed by atoms with Crippen LogP contribution in [0.4, 0.5) is 17.1 Å². The first-order valence-corrected chi connectivity index (χ1v) is 19.3. The number of hydrogen-bond donors (Lipinski definition) is 1. The van der Waals surface area contributed by atoms with E-state index < -0.39 is 10.1 Å². The zero-order valence-electron chi connectivity index (χ0n) is 29.8. The topological polar surface area (TPSA) is 117 Å². The van der Waals surface area contributed by atoms with Gasteiger partial charge >= 0.3 is 29.6 Å². The second kappa shape index (κ2) is 19.1. The molecule has 50 heavy (non-hydrogen) atoms. The fourth-order valence-corrected chi connectivity index (χ4v) is 7.70. The second-order valence-electron chi connectivity index (χ2n) is 13.2. The van der Waals surface area contributed by atoms with Crippen LogP contribution in [0.5, 0.6) is 0 Å². The molecule has 2 aliphatic rings. The van der Waals surface area contributed by atoms with E-state index in [0.717, 1.165) is 54.1 Å². The van der Waals surface area contributed by atoms with Gasteiger partial charge in [0, 0.05) is 76.7 Å². The molecule has 0 amide bonds. The minimum atomic E-state index is -4.25. The van der Waals surface area contributed by atoms with E-state index >= 15 is 0 Å². The molecule has 2 aromatic carbocycles. The Bertz CT molecular complexity index is 1770. The molecular weight excluding hydrogens is 702 g/mol. The maximum atomic E-state index is 11.2. The van der Waals surface area contributed by atoms with Gasteiger partial charge in [-0.05, 0) is 69.9 Å². The van der Waals surface area contributed by atoms with Crippen LogP contribution in [0.15, 0.2) is 90.7 Å². The molecule has 1 N–H and O–H groups in total. The zero-order chi connectivity index (χ0) is 35.7. The Balaban J connectivity index is 0.00000676. The first kappa shape index (κ1) is 42.3. The van der Waals surface area contributed by atoms with E-state index in [9.17, 15) is 18.2 Å². The van der Waals surface area contributed by atoms with Crippen molar-refractivity contribution in [2.45, 2.75) is 71.1 Å². The Morgan fingerprint density at radius 2 is 1.70 bits per heavy atom. The molecule has 0 bridgehead atoms. The van der Waals surface area contributed by atoms with Crippen LogP contribution in [0.25, 0.3) is 0 Å². The Hall–Kier alpha value is -2.10. The summed E-state index contributed by atoms with van der Waals surface area (Å²) in [7, 11) is -4.25. The van der Waals surface area contributed by atoms with Gasteiger partial charge in [0.2, 0.25) is 5.69 Å². The van der Waals surface area contributed by atoms with E-state index in [4.69, 9.17) is 12.2 Å². The van der Waals surface area contributed by atoms with Crippen LogP contribution in [-0.2, 0) is 30.3 Å². The molecule has 0 spiro atoms. The van der Waals surface area contributed by atoms with Crippen molar-refractivity contribution in [3.63, 3.8) is 0 Å². The quantitative estimate of drug-likeness (QED) is 0.0291. The molecular formula is C37H46N3NaO6S3. The van der Waals surface area contributed by atoms with Crippen molar-refractivity contribution in [2.75, 3.05) is 34.8 Å². The summed E-state index contributed by atoms with van der Waals surface area (Å²) >= 11 is 6.28. The van der Waals surface area contributed by atoms with Gasteiger partial charge in [0.1, 0.15) is 6.54 Å². The van der Waals surface area contributed by atoms with E-state index in [-0.39, 0.29) is 46.1 Å². The standard InChI is InChI=1S/C37H47N3O6S3.Na/c1-28(47)38-29-21-22-33-31(27-29)37(4,5)35(40(33)24-14-16-26-49(42,43)44)20-10-8-6-7-9-19-34-36(2,3)30-17-11-12-18-32(30)39(34)23-13-15-25-48-46-45-41;/h6-12,17-22,27H,13-16,23-26H2,1-5H3,(H2-,38,41,42,43,44,47);/q;+1/p-1. The number of nitrogens with zero attached hydrogens (tertiary/aromatic N) is 2. The monoisotopic (exact) mass is 747 g/mol. The van der Waals surface area contributed by atoms with Crippen LogP contribution in [-0.4, -0.2) is 52.8 Å². The van der Waals surface area contributed by atoms with Crippen molar-refractivity contribution in [3.05, 3.63) is 102 Å². The average molecular weight is 748 g/mol. The third-order valence-corrected chi connectivity index (χ3v) is 10.4. The molecule has 2 heterocycles. The van der Waals surface area contributed by atoms with Gasteiger partial charge in [-0.1, -0.05) is 74.6 Å². The number of benzene rings is 2. The average Bonchev–Trinajstić information content (AvgIpc) is 3.38. The van der Waals surface area contributed by atoms with Crippen LogP contribution in [0.1, 0.15) is 71.4 Å². The Labute approximate surface area is 329 Å². The maximum Gasteiger partial charge on any atom is 1.00 e. The summed E-state index contributed by atoms with van der Waals surface area (Å²) in [5.41, 5.74) is 7.48. The zero-order valence-corrected chi connectivity index (χ0v) is 34.3. The molecule has 0 aliphatic carbocycles. The number of fused-ring (bicyclic) bond motifs is 2. The number of rotatable bonds is 17. The first-order chi connectivity index (χ1) is 23.3. The van der Waals surface area contributed by atoms with Gasteiger partial charge in [0.15, 0.2) is 5.71 Å². The van der Waals surface area contributed by atoms with Gasteiger partial charge in [-0.3, -0.25) is 5.04 Å². The number of thiocarbonyl (C=S) groups is 1. The fraction of sp³-hybridized carbons (Fsp3) is 0.405. The Kier molecular flexibility index (Phi) is 16.2.